The summed E-state index contributed by atoms with van der Waals surface area (Å²) in [6.45, 7) is 4.50. The Bertz CT molecular complexity index is 818. The Morgan fingerprint density at radius 1 is 1.25 bits per heavy atom. The number of carbonyl (C=O) groups excluding carboxylic acids is 1. The fourth-order valence-electron chi connectivity index (χ4n) is 2.86. The molecule has 0 atom stereocenters. The Balaban J connectivity index is 1.43. The van der Waals surface area contributed by atoms with Crippen LogP contribution in [0.2, 0.25) is 0 Å². The third kappa shape index (κ3) is 2.96. The normalized spacial score (nSPS) is 15.8. The van der Waals surface area contributed by atoms with Crippen LogP contribution in [0.3, 0.4) is 0 Å². The van der Waals surface area contributed by atoms with E-state index in [1.165, 1.54) is 40.7 Å². The van der Waals surface area contributed by atoms with Crippen molar-refractivity contribution >= 4 is 33.6 Å². The number of hydrogen-bond donors (Lipinski definition) is 1. The van der Waals surface area contributed by atoms with Gasteiger partial charge in [0.1, 0.15) is 6.33 Å². The van der Waals surface area contributed by atoms with E-state index < -0.39 is 0 Å². The Hall–Kier alpha value is -2.48. The minimum atomic E-state index is -0.231. The highest BCUT2D eigenvalue weighted by Crippen LogP contribution is 2.24. The summed E-state index contributed by atoms with van der Waals surface area (Å²) in [5, 5.41) is 15.0. The molecule has 7 nitrogen and oxygen atoms in total. The molecule has 0 bridgehead atoms. The van der Waals surface area contributed by atoms with Gasteiger partial charge in [0, 0.05) is 24.5 Å². The van der Waals surface area contributed by atoms with Crippen molar-refractivity contribution in [3.05, 3.63) is 35.6 Å². The van der Waals surface area contributed by atoms with Gasteiger partial charge in [-0.2, -0.15) is 4.52 Å². The minimum absolute atomic E-state index is 0.231. The Labute approximate surface area is 143 Å². The Kier molecular flexibility index (Phi) is 3.89. The highest BCUT2D eigenvalue weighted by molar-refractivity contribution is 7.18. The van der Waals surface area contributed by atoms with Gasteiger partial charge < -0.3 is 10.2 Å². The van der Waals surface area contributed by atoms with Gasteiger partial charge >= 0.3 is 0 Å². The number of nitrogens with one attached hydrogen (secondary N) is 1. The van der Waals surface area contributed by atoms with Crippen LogP contribution in [0.15, 0.2) is 30.6 Å². The van der Waals surface area contributed by atoms with Crippen LogP contribution < -0.4 is 10.2 Å². The standard InChI is InChI=1S/C16H18N6OS/c1-11-6-8-21(9-7-11)13-4-2-12(3-5-13)18-14(23)15-20-22-10-17-19-16(22)24-15/h2-5,10-11H,6-9H2,1H3,(H,18,23). The van der Waals surface area contributed by atoms with E-state index in [-0.39, 0.29) is 5.91 Å². The lowest BCUT2D eigenvalue weighted by molar-refractivity contribution is 0.102. The average molecular weight is 342 g/mol. The van der Waals surface area contributed by atoms with Gasteiger partial charge in [-0.05, 0) is 43.0 Å². The van der Waals surface area contributed by atoms with Crippen molar-refractivity contribution in [2.45, 2.75) is 19.8 Å². The van der Waals surface area contributed by atoms with Gasteiger partial charge in [-0.15, -0.1) is 15.3 Å². The molecule has 124 valence electrons. The van der Waals surface area contributed by atoms with Crippen LogP contribution in [0.1, 0.15) is 29.6 Å². The maximum Gasteiger partial charge on any atom is 0.286 e. The molecule has 1 aromatic carbocycles. The predicted octanol–water partition coefficient (Wildman–Crippen LogP) is 2.67. The number of amides is 1. The summed E-state index contributed by atoms with van der Waals surface area (Å²) in [5.41, 5.74) is 1.97. The van der Waals surface area contributed by atoms with E-state index in [2.05, 4.69) is 44.6 Å². The fraction of sp³-hybridized carbons (Fsp3) is 0.375. The molecule has 1 aliphatic heterocycles. The number of fused-ring (bicyclic) bond motifs is 1. The number of anilines is 2. The number of benzene rings is 1. The second-order valence-corrected chi connectivity index (χ2v) is 7.09. The summed E-state index contributed by atoms with van der Waals surface area (Å²) in [7, 11) is 0. The van der Waals surface area contributed by atoms with Gasteiger partial charge in [-0.3, -0.25) is 4.79 Å². The summed E-state index contributed by atoms with van der Waals surface area (Å²) in [6.07, 6.45) is 3.95. The first kappa shape index (κ1) is 15.1. The van der Waals surface area contributed by atoms with E-state index in [9.17, 15) is 4.79 Å². The second-order valence-electron chi connectivity index (χ2n) is 6.14. The summed E-state index contributed by atoms with van der Waals surface area (Å²) in [4.78, 5) is 15.3. The third-order valence-corrected chi connectivity index (χ3v) is 5.27. The average Bonchev–Trinajstić information content (AvgIpc) is 3.18. The lowest BCUT2D eigenvalue weighted by atomic mass is 9.99. The maximum atomic E-state index is 12.3. The number of rotatable bonds is 3. The largest absolute Gasteiger partial charge is 0.372 e. The van der Waals surface area contributed by atoms with E-state index in [0.717, 1.165) is 24.7 Å². The molecule has 4 rings (SSSR count). The van der Waals surface area contributed by atoms with Crippen molar-refractivity contribution in [1.82, 2.24) is 19.8 Å². The first-order chi connectivity index (χ1) is 11.7. The van der Waals surface area contributed by atoms with Crippen LogP contribution in [0.25, 0.3) is 4.96 Å². The summed E-state index contributed by atoms with van der Waals surface area (Å²) < 4.78 is 1.50. The molecule has 2 aromatic heterocycles. The number of aromatic nitrogens is 4. The number of piperidine rings is 1. The smallest absolute Gasteiger partial charge is 0.286 e. The van der Waals surface area contributed by atoms with Crippen LogP contribution in [0.4, 0.5) is 11.4 Å². The highest BCUT2D eigenvalue weighted by Gasteiger charge is 2.17. The zero-order valence-corrected chi connectivity index (χ0v) is 14.2. The number of nitrogens with zero attached hydrogens (tertiary/aromatic N) is 5. The van der Waals surface area contributed by atoms with Crippen LogP contribution in [-0.2, 0) is 0 Å². The van der Waals surface area contributed by atoms with Crippen molar-refractivity contribution in [2.75, 3.05) is 23.3 Å². The van der Waals surface area contributed by atoms with Crippen molar-refractivity contribution in [3.63, 3.8) is 0 Å². The summed E-state index contributed by atoms with van der Waals surface area (Å²) in [5.74, 6) is 0.583. The monoisotopic (exact) mass is 342 g/mol. The van der Waals surface area contributed by atoms with Crippen LogP contribution >= 0.6 is 11.3 Å². The Morgan fingerprint density at radius 2 is 2.00 bits per heavy atom. The highest BCUT2D eigenvalue weighted by atomic mass is 32.1. The lowest BCUT2D eigenvalue weighted by Crippen LogP contribution is -2.32. The van der Waals surface area contributed by atoms with E-state index in [1.807, 2.05) is 12.1 Å². The zero-order valence-electron chi connectivity index (χ0n) is 13.3. The molecule has 1 saturated heterocycles. The lowest BCUT2D eigenvalue weighted by Gasteiger charge is -2.32. The molecule has 0 saturated carbocycles. The summed E-state index contributed by atoms with van der Waals surface area (Å²) >= 11 is 1.22. The molecule has 0 radical (unpaired) electrons. The molecule has 3 heterocycles. The maximum absolute atomic E-state index is 12.3. The molecule has 0 aliphatic carbocycles. The van der Waals surface area contributed by atoms with Crippen LogP contribution in [-0.4, -0.2) is 38.8 Å². The molecule has 3 aromatic rings. The topological polar surface area (TPSA) is 75.4 Å². The fourth-order valence-corrected chi connectivity index (χ4v) is 3.57. The molecule has 1 N–H and O–H groups in total. The first-order valence-electron chi connectivity index (χ1n) is 8.02. The van der Waals surface area contributed by atoms with Gasteiger partial charge in [0.15, 0.2) is 0 Å². The van der Waals surface area contributed by atoms with Gasteiger partial charge in [0.25, 0.3) is 5.91 Å². The molecule has 24 heavy (non-hydrogen) atoms. The van der Waals surface area contributed by atoms with E-state index in [0.29, 0.717) is 9.97 Å². The quantitative estimate of drug-likeness (QED) is 0.792. The van der Waals surface area contributed by atoms with E-state index in [1.54, 1.807) is 0 Å². The number of carbonyl (C=O) groups is 1. The second kappa shape index (κ2) is 6.20. The van der Waals surface area contributed by atoms with Crippen LogP contribution in [0.5, 0.6) is 0 Å². The van der Waals surface area contributed by atoms with E-state index in [4.69, 9.17) is 0 Å². The van der Waals surface area contributed by atoms with Crippen molar-refractivity contribution in [3.8, 4) is 0 Å². The SMILES string of the molecule is CC1CCN(c2ccc(NC(=O)c3nn4cnnc4s3)cc2)CC1. The molecular formula is C16H18N6OS. The van der Waals surface area contributed by atoms with Gasteiger partial charge in [-0.25, -0.2) is 0 Å². The zero-order chi connectivity index (χ0) is 16.5. The molecule has 1 aliphatic rings. The number of hydrogen-bond acceptors (Lipinski definition) is 6. The van der Waals surface area contributed by atoms with Crippen molar-refractivity contribution in [1.29, 1.82) is 0 Å². The van der Waals surface area contributed by atoms with Gasteiger partial charge in [0.2, 0.25) is 9.97 Å². The predicted molar refractivity (Wildman–Crippen MR) is 93.7 cm³/mol. The Morgan fingerprint density at radius 3 is 2.71 bits per heavy atom. The van der Waals surface area contributed by atoms with Gasteiger partial charge in [-0.1, -0.05) is 18.3 Å². The van der Waals surface area contributed by atoms with Gasteiger partial charge in [0.05, 0.1) is 0 Å². The molecule has 1 fully saturated rings. The van der Waals surface area contributed by atoms with Crippen LogP contribution in [0, 0.1) is 5.92 Å². The third-order valence-electron chi connectivity index (χ3n) is 4.35. The van der Waals surface area contributed by atoms with Crippen molar-refractivity contribution < 1.29 is 4.79 Å². The minimum Gasteiger partial charge on any atom is -0.372 e. The molecule has 0 spiro atoms. The van der Waals surface area contributed by atoms with E-state index >= 15 is 0 Å². The molecule has 1 amide bonds. The summed E-state index contributed by atoms with van der Waals surface area (Å²) in [6, 6.07) is 7.99. The molecule has 0 unspecified atom stereocenters. The molecule has 8 heteroatoms. The van der Waals surface area contributed by atoms with Crippen molar-refractivity contribution in [2.24, 2.45) is 5.92 Å². The molecular weight excluding hydrogens is 324 g/mol. The first-order valence-corrected chi connectivity index (χ1v) is 8.84.